The SMILES string of the molecule is CC(C)C(C)(C#CO)CCCCCO. The van der Waals surface area contributed by atoms with Crippen molar-refractivity contribution in [3.05, 3.63) is 0 Å². The van der Waals surface area contributed by atoms with Crippen LogP contribution in [-0.2, 0) is 0 Å². The van der Waals surface area contributed by atoms with E-state index in [1.165, 1.54) is 0 Å². The van der Waals surface area contributed by atoms with Gasteiger partial charge in [-0.15, -0.1) is 0 Å². The highest BCUT2D eigenvalue weighted by molar-refractivity contribution is 5.07. The summed E-state index contributed by atoms with van der Waals surface area (Å²) in [5.41, 5.74) is -0.0930. The van der Waals surface area contributed by atoms with Crippen molar-refractivity contribution in [1.29, 1.82) is 0 Å². The maximum absolute atomic E-state index is 8.65. The Morgan fingerprint density at radius 2 is 1.86 bits per heavy atom. The number of hydrogen-bond acceptors (Lipinski definition) is 2. The zero-order valence-electron chi connectivity index (χ0n) is 9.51. The molecule has 0 heterocycles. The van der Waals surface area contributed by atoms with E-state index in [1.807, 2.05) is 6.11 Å². The molecule has 0 spiro atoms. The lowest BCUT2D eigenvalue weighted by molar-refractivity contribution is 0.257. The maximum atomic E-state index is 8.65. The first-order valence-electron chi connectivity index (χ1n) is 5.34. The third-order valence-electron chi connectivity index (χ3n) is 2.97. The molecular formula is C12H22O2. The molecule has 0 aromatic carbocycles. The lowest BCUT2D eigenvalue weighted by Crippen LogP contribution is -2.21. The van der Waals surface area contributed by atoms with Crippen LogP contribution in [0.5, 0.6) is 0 Å². The van der Waals surface area contributed by atoms with Gasteiger partial charge >= 0.3 is 0 Å². The highest BCUT2D eigenvalue weighted by Crippen LogP contribution is 2.32. The van der Waals surface area contributed by atoms with E-state index < -0.39 is 0 Å². The first-order chi connectivity index (χ1) is 6.56. The Bertz CT molecular complexity index is 200. The van der Waals surface area contributed by atoms with Crippen LogP contribution in [0.1, 0.15) is 46.5 Å². The molecule has 1 atom stereocenters. The predicted octanol–water partition coefficient (Wildman–Crippen LogP) is 2.53. The van der Waals surface area contributed by atoms with E-state index in [1.54, 1.807) is 0 Å². The van der Waals surface area contributed by atoms with Crippen molar-refractivity contribution >= 4 is 0 Å². The first kappa shape index (κ1) is 13.3. The van der Waals surface area contributed by atoms with Crippen LogP contribution in [0.2, 0.25) is 0 Å². The van der Waals surface area contributed by atoms with E-state index in [9.17, 15) is 0 Å². The van der Waals surface area contributed by atoms with E-state index >= 15 is 0 Å². The van der Waals surface area contributed by atoms with E-state index in [0.717, 1.165) is 25.7 Å². The van der Waals surface area contributed by atoms with Gasteiger partial charge in [-0.05, 0) is 25.7 Å². The van der Waals surface area contributed by atoms with Gasteiger partial charge in [-0.25, -0.2) is 0 Å². The summed E-state index contributed by atoms with van der Waals surface area (Å²) in [7, 11) is 0. The topological polar surface area (TPSA) is 40.5 Å². The van der Waals surface area contributed by atoms with Gasteiger partial charge in [-0.2, -0.15) is 0 Å². The van der Waals surface area contributed by atoms with Gasteiger partial charge in [0, 0.05) is 12.0 Å². The molecule has 0 amide bonds. The summed E-state index contributed by atoms with van der Waals surface area (Å²) in [5.74, 6) is 3.32. The Morgan fingerprint density at radius 1 is 1.21 bits per heavy atom. The van der Waals surface area contributed by atoms with Crippen molar-refractivity contribution in [2.24, 2.45) is 11.3 Å². The Morgan fingerprint density at radius 3 is 2.29 bits per heavy atom. The molecule has 1 unspecified atom stereocenters. The van der Waals surface area contributed by atoms with Crippen LogP contribution >= 0.6 is 0 Å². The largest absolute Gasteiger partial charge is 0.462 e. The van der Waals surface area contributed by atoms with Crippen LogP contribution in [0, 0.1) is 23.4 Å². The first-order valence-corrected chi connectivity index (χ1v) is 5.34. The van der Waals surface area contributed by atoms with Crippen molar-refractivity contribution < 1.29 is 10.2 Å². The Kier molecular flexibility index (Phi) is 6.40. The fraction of sp³-hybridized carbons (Fsp3) is 0.833. The molecular weight excluding hydrogens is 176 g/mol. The van der Waals surface area contributed by atoms with Crippen molar-refractivity contribution in [2.45, 2.75) is 46.5 Å². The Labute approximate surface area is 87.3 Å². The van der Waals surface area contributed by atoms with Gasteiger partial charge in [0.25, 0.3) is 0 Å². The highest BCUT2D eigenvalue weighted by Gasteiger charge is 2.25. The lowest BCUT2D eigenvalue weighted by Gasteiger charge is -2.27. The van der Waals surface area contributed by atoms with Crippen LogP contribution < -0.4 is 0 Å². The summed E-state index contributed by atoms with van der Waals surface area (Å²) in [4.78, 5) is 0. The summed E-state index contributed by atoms with van der Waals surface area (Å²) >= 11 is 0. The average Bonchev–Trinajstić information content (AvgIpc) is 2.13. The highest BCUT2D eigenvalue weighted by atomic mass is 16.3. The summed E-state index contributed by atoms with van der Waals surface area (Å²) in [6, 6.07) is 0. The van der Waals surface area contributed by atoms with Crippen LogP contribution in [0.4, 0.5) is 0 Å². The summed E-state index contributed by atoms with van der Waals surface area (Å²) in [5, 5.41) is 17.3. The monoisotopic (exact) mass is 198 g/mol. The van der Waals surface area contributed by atoms with E-state index in [4.69, 9.17) is 10.2 Å². The molecule has 0 aliphatic rings. The minimum atomic E-state index is -0.0930. The van der Waals surface area contributed by atoms with E-state index in [2.05, 4.69) is 26.7 Å². The summed E-state index contributed by atoms with van der Waals surface area (Å²) in [6.07, 6.45) is 5.97. The summed E-state index contributed by atoms with van der Waals surface area (Å²) < 4.78 is 0. The molecule has 0 aliphatic carbocycles. The number of hydrogen-bond donors (Lipinski definition) is 2. The second-order valence-corrected chi connectivity index (χ2v) is 4.34. The fourth-order valence-electron chi connectivity index (χ4n) is 1.40. The maximum Gasteiger partial charge on any atom is 0.108 e. The molecule has 2 heteroatoms. The quantitative estimate of drug-likeness (QED) is 0.508. The van der Waals surface area contributed by atoms with Gasteiger partial charge in [0.2, 0.25) is 0 Å². The smallest absolute Gasteiger partial charge is 0.108 e. The molecule has 0 bridgehead atoms. The van der Waals surface area contributed by atoms with Crippen molar-refractivity contribution in [3.63, 3.8) is 0 Å². The number of unbranched alkanes of at least 4 members (excludes halogenated alkanes) is 2. The number of aliphatic hydroxyl groups excluding tert-OH is 2. The average molecular weight is 198 g/mol. The zero-order chi connectivity index (χ0) is 11.0. The van der Waals surface area contributed by atoms with Crippen molar-refractivity contribution in [1.82, 2.24) is 0 Å². The van der Waals surface area contributed by atoms with Gasteiger partial charge in [0.1, 0.15) is 6.11 Å². The molecule has 82 valence electrons. The molecule has 0 saturated heterocycles. The standard InChI is InChI=1S/C12H22O2/c1-11(2)12(3,8-10-14)7-5-4-6-9-13/h11,13-14H,4-7,9H2,1-3H3. The van der Waals surface area contributed by atoms with Crippen LogP contribution in [-0.4, -0.2) is 16.8 Å². The van der Waals surface area contributed by atoms with Crippen LogP contribution in [0.3, 0.4) is 0 Å². The number of rotatable bonds is 6. The lowest BCUT2D eigenvalue weighted by atomic mass is 9.76. The van der Waals surface area contributed by atoms with E-state index in [0.29, 0.717) is 5.92 Å². The third-order valence-corrected chi connectivity index (χ3v) is 2.97. The minimum Gasteiger partial charge on any atom is -0.462 e. The van der Waals surface area contributed by atoms with Gasteiger partial charge < -0.3 is 10.2 Å². The normalized spacial score (nSPS) is 14.6. The number of aliphatic hydroxyl groups is 2. The minimum absolute atomic E-state index is 0.0930. The predicted molar refractivity (Wildman–Crippen MR) is 58.2 cm³/mol. The molecule has 0 saturated carbocycles. The molecule has 14 heavy (non-hydrogen) atoms. The van der Waals surface area contributed by atoms with Crippen molar-refractivity contribution in [3.8, 4) is 12.0 Å². The molecule has 0 fully saturated rings. The third kappa shape index (κ3) is 4.53. The molecule has 0 aromatic heterocycles. The second-order valence-electron chi connectivity index (χ2n) is 4.34. The fourth-order valence-corrected chi connectivity index (χ4v) is 1.40. The van der Waals surface area contributed by atoms with Crippen LogP contribution in [0.25, 0.3) is 0 Å². The van der Waals surface area contributed by atoms with Gasteiger partial charge in [-0.1, -0.05) is 32.6 Å². The van der Waals surface area contributed by atoms with Crippen molar-refractivity contribution in [2.75, 3.05) is 6.61 Å². The molecule has 0 rings (SSSR count). The molecule has 0 radical (unpaired) electrons. The van der Waals surface area contributed by atoms with E-state index in [-0.39, 0.29) is 12.0 Å². The van der Waals surface area contributed by atoms with Gasteiger partial charge in [-0.3, -0.25) is 0 Å². The van der Waals surface area contributed by atoms with Gasteiger partial charge in [0.05, 0.1) is 0 Å². The Hall–Kier alpha value is -0.680. The van der Waals surface area contributed by atoms with Gasteiger partial charge in [0.15, 0.2) is 0 Å². The Balaban J connectivity index is 4.02. The zero-order valence-corrected chi connectivity index (χ0v) is 9.51. The molecule has 0 aromatic rings. The summed E-state index contributed by atoms with van der Waals surface area (Å²) in [6.45, 7) is 6.59. The molecule has 2 nitrogen and oxygen atoms in total. The molecule has 2 N–H and O–H groups in total. The molecule has 0 aliphatic heterocycles. The van der Waals surface area contributed by atoms with Crippen LogP contribution in [0.15, 0.2) is 0 Å². The second kappa shape index (κ2) is 6.73.